The zero-order chi connectivity index (χ0) is 30.0. The standard InChI is InChI=1S/C31H42N2O9/c1-29-11-9-19(32-24(35)5-8-27(38)42-33-25(36)6-7-26(33)37)14-18(29)3-4-21-22(29)15-23(34)30(2)20(10-12-31(21,30)40)17-13-28(39)41-16-17/h13,18-23,34,40H,3-12,14-16H2,1-2H3,(H,32,35)/t18-,19+,20-,21-,22+,23-,29+,30+,31+/m1/s1. The summed E-state index contributed by atoms with van der Waals surface area (Å²) in [6, 6.07) is -0.0329. The number of amides is 3. The topological polar surface area (TPSA) is 160 Å². The number of hydroxylamine groups is 2. The molecule has 0 bridgehead atoms. The summed E-state index contributed by atoms with van der Waals surface area (Å²) in [6.07, 6.45) is 6.70. The van der Waals surface area contributed by atoms with Crippen molar-refractivity contribution < 1.29 is 43.8 Å². The van der Waals surface area contributed by atoms with E-state index in [1.54, 1.807) is 6.08 Å². The van der Waals surface area contributed by atoms with Gasteiger partial charge in [-0.1, -0.05) is 13.8 Å². The second kappa shape index (κ2) is 10.4. The van der Waals surface area contributed by atoms with E-state index < -0.39 is 34.9 Å². The number of cyclic esters (lactones) is 1. The smallest absolute Gasteiger partial charge is 0.333 e. The van der Waals surface area contributed by atoms with E-state index in [0.717, 1.165) is 44.1 Å². The van der Waals surface area contributed by atoms with Crippen LogP contribution in [-0.4, -0.2) is 69.3 Å². The lowest BCUT2D eigenvalue weighted by Crippen LogP contribution is -2.67. The Hall–Kier alpha value is -2.79. The molecule has 230 valence electrons. The molecule has 5 fully saturated rings. The van der Waals surface area contributed by atoms with Crippen molar-refractivity contribution in [3.8, 4) is 0 Å². The first kappa shape index (κ1) is 29.3. The summed E-state index contributed by atoms with van der Waals surface area (Å²) in [6.45, 7) is 4.54. The first-order chi connectivity index (χ1) is 19.9. The highest BCUT2D eigenvalue weighted by Crippen LogP contribution is 2.69. The van der Waals surface area contributed by atoms with Gasteiger partial charge in [-0.05, 0) is 86.0 Å². The molecule has 9 atom stereocenters. The fourth-order valence-electron chi connectivity index (χ4n) is 9.84. The number of carbonyl (C=O) groups is 5. The van der Waals surface area contributed by atoms with Crippen LogP contribution in [0.15, 0.2) is 11.6 Å². The summed E-state index contributed by atoms with van der Waals surface area (Å²) in [5.74, 6) is -2.06. The maximum Gasteiger partial charge on any atom is 0.333 e. The lowest BCUT2D eigenvalue weighted by Gasteiger charge is -2.65. The summed E-state index contributed by atoms with van der Waals surface area (Å²) in [7, 11) is 0. The maximum atomic E-state index is 12.7. The molecule has 0 aromatic heterocycles. The number of carbonyl (C=O) groups excluding carboxylic acids is 5. The van der Waals surface area contributed by atoms with Crippen molar-refractivity contribution in [2.75, 3.05) is 6.61 Å². The molecule has 42 heavy (non-hydrogen) atoms. The molecule has 4 aliphatic carbocycles. The third-order valence-electron chi connectivity index (χ3n) is 12.2. The van der Waals surface area contributed by atoms with Crippen molar-refractivity contribution in [2.45, 2.75) is 109 Å². The number of fused-ring (bicyclic) bond motifs is 5. The summed E-state index contributed by atoms with van der Waals surface area (Å²) >= 11 is 0. The predicted octanol–water partition coefficient (Wildman–Crippen LogP) is 2.09. The van der Waals surface area contributed by atoms with Gasteiger partial charge in [0.1, 0.15) is 6.61 Å². The van der Waals surface area contributed by atoms with Gasteiger partial charge in [0, 0.05) is 36.8 Å². The molecule has 1 saturated heterocycles. The molecule has 3 N–H and O–H groups in total. The average Bonchev–Trinajstić information content (AvgIpc) is 3.60. The second-order valence-electron chi connectivity index (χ2n) is 14.0. The van der Waals surface area contributed by atoms with Crippen molar-refractivity contribution in [1.29, 1.82) is 0 Å². The third kappa shape index (κ3) is 4.49. The predicted molar refractivity (Wildman–Crippen MR) is 145 cm³/mol. The van der Waals surface area contributed by atoms with Gasteiger partial charge in [-0.3, -0.25) is 14.4 Å². The average molecular weight is 587 g/mol. The highest BCUT2D eigenvalue weighted by molar-refractivity contribution is 6.01. The van der Waals surface area contributed by atoms with E-state index in [1.165, 1.54) is 0 Å². The number of aliphatic hydroxyl groups excluding tert-OH is 1. The second-order valence-corrected chi connectivity index (χ2v) is 14.0. The van der Waals surface area contributed by atoms with Gasteiger partial charge in [0.2, 0.25) is 5.91 Å². The van der Waals surface area contributed by atoms with Crippen LogP contribution in [0.1, 0.15) is 90.9 Å². The summed E-state index contributed by atoms with van der Waals surface area (Å²) < 4.78 is 5.19. The van der Waals surface area contributed by atoms with E-state index in [0.29, 0.717) is 23.8 Å². The van der Waals surface area contributed by atoms with Crippen molar-refractivity contribution in [1.82, 2.24) is 10.4 Å². The number of hydrogen-bond donors (Lipinski definition) is 3. The SMILES string of the molecule is C[C@]12CC[C@H](NC(=O)CCC(=O)ON3C(=O)CCC3=O)C[C@H]1CC[C@@H]1[C@@H]2C[C@@H](O)[C@]2(C)[C@@H](C3=CC(=O)OC3)CC[C@]12O. The van der Waals surface area contributed by atoms with Crippen LogP contribution >= 0.6 is 0 Å². The zero-order valence-corrected chi connectivity index (χ0v) is 24.4. The number of hydrogen-bond acceptors (Lipinski definition) is 9. The Morgan fingerprint density at radius 1 is 1.02 bits per heavy atom. The monoisotopic (exact) mass is 586 g/mol. The Labute approximate surface area is 245 Å². The molecule has 0 aromatic carbocycles. The number of esters is 1. The number of imide groups is 1. The molecule has 6 aliphatic rings. The van der Waals surface area contributed by atoms with Crippen LogP contribution in [0.4, 0.5) is 0 Å². The first-order valence-corrected chi connectivity index (χ1v) is 15.5. The van der Waals surface area contributed by atoms with Crippen molar-refractivity contribution in [3.63, 3.8) is 0 Å². The van der Waals surface area contributed by atoms with Crippen molar-refractivity contribution in [3.05, 3.63) is 11.6 Å². The van der Waals surface area contributed by atoms with Crippen molar-refractivity contribution >= 4 is 29.7 Å². The molecular formula is C31H42N2O9. The Balaban J connectivity index is 1.07. The van der Waals surface area contributed by atoms with Crippen LogP contribution < -0.4 is 5.32 Å². The lowest BCUT2D eigenvalue weighted by atomic mass is 9.42. The van der Waals surface area contributed by atoms with Crippen LogP contribution in [-0.2, 0) is 33.5 Å². The van der Waals surface area contributed by atoms with E-state index in [4.69, 9.17) is 9.57 Å². The highest BCUT2D eigenvalue weighted by atomic mass is 16.7. The number of nitrogens with one attached hydrogen (secondary N) is 1. The molecule has 3 amide bonds. The third-order valence-corrected chi connectivity index (χ3v) is 12.2. The molecule has 0 aromatic rings. The first-order valence-electron chi connectivity index (χ1n) is 15.5. The normalized spacial score (nSPS) is 42.8. The Kier molecular flexibility index (Phi) is 7.28. The highest BCUT2D eigenvalue weighted by Gasteiger charge is 2.70. The van der Waals surface area contributed by atoms with Crippen molar-refractivity contribution in [2.24, 2.45) is 34.5 Å². The van der Waals surface area contributed by atoms with Gasteiger partial charge in [0.05, 0.1) is 18.1 Å². The molecule has 0 spiro atoms. The molecule has 0 radical (unpaired) electrons. The fourth-order valence-corrected chi connectivity index (χ4v) is 9.84. The van der Waals surface area contributed by atoms with E-state index in [9.17, 15) is 34.2 Å². The number of ether oxygens (including phenoxy) is 1. The zero-order valence-electron chi connectivity index (χ0n) is 24.4. The van der Waals surface area contributed by atoms with Gasteiger partial charge in [0.15, 0.2) is 0 Å². The minimum atomic E-state index is -1.02. The molecule has 6 rings (SSSR count). The molecule has 2 heterocycles. The molecule has 4 saturated carbocycles. The van der Waals surface area contributed by atoms with Crippen LogP contribution in [0.2, 0.25) is 0 Å². The van der Waals surface area contributed by atoms with Crippen LogP contribution in [0, 0.1) is 34.5 Å². The molecule has 11 nitrogen and oxygen atoms in total. The van der Waals surface area contributed by atoms with Gasteiger partial charge in [0.25, 0.3) is 11.8 Å². The van der Waals surface area contributed by atoms with Gasteiger partial charge >= 0.3 is 11.9 Å². The minimum absolute atomic E-state index is 0.0178. The number of nitrogens with zero attached hydrogens (tertiary/aromatic N) is 1. The van der Waals surface area contributed by atoms with E-state index >= 15 is 0 Å². The van der Waals surface area contributed by atoms with Gasteiger partial charge in [-0.2, -0.15) is 0 Å². The van der Waals surface area contributed by atoms with Gasteiger partial charge < -0.3 is 25.1 Å². The summed E-state index contributed by atoms with van der Waals surface area (Å²) in [5, 5.41) is 27.6. The lowest BCUT2D eigenvalue weighted by molar-refractivity contribution is -0.243. The minimum Gasteiger partial charge on any atom is -0.458 e. The number of aliphatic hydroxyl groups is 2. The van der Waals surface area contributed by atoms with Crippen LogP contribution in [0.5, 0.6) is 0 Å². The van der Waals surface area contributed by atoms with Crippen LogP contribution in [0.25, 0.3) is 0 Å². The molecular weight excluding hydrogens is 544 g/mol. The Bertz CT molecular complexity index is 1220. The van der Waals surface area contributed by atoms with Gasteiger partial charge in [-0.25, -0.2) is 9.59 Å². The Morgan fingerprint density at radius 3 is 2.45 bits per heavy atom. The Morgan fingerprint density at radius 2 is 1.76 bits per heavy atom. The largest absolute Gasteiger partial charge is 0.458 e. The number of rotatable bonds is 6. The fraction of sp³-hybridized carbons (Fsp3) is 0.774. The maximum absolute atomic E-state index is 12.7. The van der Waals surface area contributed by atoms with E-state index in [1.807, 2.05) is 6.92 Å². The van der Waals surface area contributed by atoms with E-state index in [2.05, 4.69) is 12.2 Å². The van der Waals surface area contributed by atoms with E-state index in [-0.39, 0.29) is 73.4 Å². The summed E-state index contributed by atoms with van der Waals surface area (Å²) in [4.78, 5) is 64.7. The molecule has 11 heteroatoms. The molecule has 0 unspecified atom stereocenters. The summed E-state index contributed by atoms with van der Waals surface area (Å²) in [5.41, 5.74) is -0.952. The quantitative estimate of drug-likeness (QED) is 0.313. The van der Waals surface area contributed by atoms with Crippen LogP contribution in [0.3, 0.4) is 0 Å². The van der Waals surface area contributed by atoms with Gasteiger partial charge in [-0.15, -0.1) is 5.06 Å². The molecule has 2 aliphatic heterocycles.